The van der Waals surface area contributed by atoms with Gasteiger partial charge in [0.2, 0.25) is 0 Å². The Morgan fingerprint density at radius 1 is 1.24 bits per heavy atom. The number of fused-ring (bicyclic) bond motifs is 1. The Labute approximate surface area is 168 Å². The molecule has 1 atom stereocenters. The van der Waals surface area contributed by atoms with Crippen molar-refractivity contribution in [2.24, 2.45) is 13.0 Å². The molecule has 1 unspecified atom stereocenters. The van der Waals surface area contributed by atoms with E-state index in [2.05, 4.69) is 10.1 Å². The molecule has 2 aromatic heterocycles. The van der Waals surface area contributed by atoms with Crippen LogP contribution in [0.4, 0.5) is 8.78 Å². The van der Waals surface area contributed by atoms with Gasteiger partial charge in [-0.3, -0.25) is 19.4 Å². The van der Waals surface area contributed by atoms with Crippen molar-refractivity contribution in [2.75, 3.05) is 13.1 Å². The summed E-state index contributed by atoms with van der Waals surface area (Å²) < 4.78 is 29.6. The van der Waals surface area contributed by atoms with Crippen LogP contribution in [0.25, 0.3) is 10.9 Å². The van der Waals surface area contributed by atoms with E-state index in [4.69, 9.17) is 0 Å². The van der Waals surface area contributed by atoms with Gasteiger partial charge in [-0.25, -0.2) is 8.78 Å². The molecule has 0 radical (unpaired) electrons. The van der Waals surface area contributed by atoms with Gasteiger partial charge in [-0.05, 0) is 43.5 Å². The number of hydrogen-bond acceptors (Lipinski definition) is 4. The molecular weight excluding hydrogens is 374 g/mol. The van der Waals surface area contributed by atoms with Crippen LogP contribution < -0.4 is 0 Å². The molecule has 1 saturated heterocycles. The van der Waals surface area contributed by atoms with E-state index in [1.807, 2.05) is 18.0 Å². The van der Waals surface area contributed by atoms with Crippen molar-refractivity contribution in [3.8, 4) is 0 Å². The highest BCUT2D eigenvalue weighted by Crippen LogP contribution is 2.24. The Morgan fingerprint density at radius 3 is 2.83 bits per heavy atom. The van der Waals surface area contributed by atoms with Crippen molar-refractivity contribution in [1.29, 1.82) is 0 Å². The first-order chi connectivity index (χ1) is 14.0. The summed E-state index contributed by atoms with van der Waals surface area (Å²) in [6, 6.07) is 5.86. The monoisotopic (exact) mass is 398 g/mol. The summed E-state index contributed by atoms with van der Waals surface area (Å²) in [5.74, 6) is -0.682. The average molecular weight is 398 g/mol. The lowest BCUT2D eigenvalue weighted by molar-refractivity contribution is -0.119. The molecule has 3 heterocycles. The van der Waals surface area contributed by atoms with Gasteiger partial charge in [-0.1, -0.05) is 6.07 Å². The van der Waals surface area contributed by atoms with Crippen LogP contribution in [0.2, 0.25) is 0 Å². The third-order valence-corrected chi connectivity index (χ3v) is 5.63. The van der Waals surface area contributed by atoms with E-state index in [0.717, 1.165) is 36.0 Å². The van der Waals surface area contributed by atoms with E-state index in [0.29, 0.717) is 19.4 Å². The summed E-state index contributed by atoms with van der Waals surface area (Å²) in [6.07, 6.45) is 6.15. The molecule has 0 amide bonds. The number of rotatable bonds is 6. The van der Waals surface area contributed by atoms with E-state index in [-0.39, 0.29) is 23.8 Å². The van der Waals surface area contributed by atoms with Crippen LogP contribution >= 0.6 is 0 Å². The smallest absolute Gasteiger partial charge is 0.139 e. The van der Waals surface area contributed by atoms with E-state index in [9.17, 15) is 13.6 Å². The second-order valence-electron chi connectivity index (χ2n) is 7.87. The van der Waals surface area contributed by atoms with Crippen LogP contribution in [0, 0.1) is 17.6 Å². The molecule has 1 aromatic carbocycles. The number of ketones is 1. The summed E-state index contributed by atoms with van der Waals surface area (Å²) >= 11 is 0. The van der Waals surface area contributed by atoms with Crippen molar-refractivity contribution in [2.45, 2.75) is 32.2 Å². The fraction of sp³-hybridized carbons (Fsp3) is 0.409. The van der Waals surface area contributed by atoms with Gasteiger partial charge in [0.15, 0.2) is 0 Å². The van der Waals surface area contributed by atoms with Gasteiger partial charge in [-0.15, -0.1) is 0 Å². The SMILES string of the molecule is Cn1ncc2cc(CC(=O)CC3CCCN(Cc4c(F)cccc4F)C3)ncc21. The van der Waals surface area contributed by atoms with Gasteiger partial charge >= 0.3 is 0 Å². The van der Waals surface area contributed by atoms with Gasteiger partial charge < -0.3 is 0 Å². The Bertz CT molecular complexity index is 1010. The minimum absolute atomic E-state index is 0.105. The molecule has 0 bridgehead atoms. The summed E-state index contributed by atoms with van der Waals surface area (Å²) in [6.45, 7) is 1.70. The molecule has 152 valence electrons. The Morgan fingerprint density at radius 2 is 2.03 bits per heavy atom. The first-order valence-electron chi connectivity index (χ1n) is 9.93. The highest BCUT2D eigenvalue weighted by molar-refractivity contribution is 5.83. The zero-order valence-electron chi connectivity index (χ0n) is 16.4. The van der Waals surface area contributed by atoms with Crippen molar-refractivity contribution in [1.82, 2.24) is 19.7 Å². The number of nitrogens with zero attached hydrogens (tertiary/aromatic N) is 4. The van der Waals surface area contributed by atoms with Crippen molar-refractivity contribution in [3.05, 3.63) is 59.6 Å². The van der Waals surface area contributed by atoms with Gasteiger partial charge in [0.25, 0.3) is 0 Å². The maximum atomic E-state index is 13.9. The number of carbonyl (C=O) groups is 1. The highest BCUT2D eigenvalue weighted by atomic mass is 19.1. The predicted octanol–water partition coefficient (Wildman–Crippen LogP) is 3.66. The van der Waals surface area contributed by atoms with Crippen LogP contribution in [-0.2, 0) is 24.8 Å². The second kappa shape index (κ2) is 8.37. The standard InChI is InChI=1S/C22H24F2N4O/c1-27-22-12-25-17(9-16(22)11-26-27)10-18(29)8-15-4-3-7-28(13-15)14-19-20(23)5-2-6-21(19)24/h2,5-6,9,11-12,15H,3-4,7-8,10,13-14H2,1H3. The number of piperidine rings is 1. The predicted molar refractivity (Wildman–Crippen MR) is 106 cm³/mol. The van der Waals surface area contributed by atoms with Crippen LogP contribution in [0.5, 0.6) is 0 Å². The third kappa shape index (κ3) is 4.50. The van der Waals surface area contributed by atoms with Crippen molar-refractivity contribution >= 4 is 16.7 Å². The number of pyridine rings is 1. The molecule has 5 nitrogen and oxygen atoms in total. The zero-order chi connectivity index (χ0) is 20.4. The molecule has 29 heavy (non-hydrogen) atoms. The molecule has 1 aliphatic rings. The molecule has 7 heteroatoms. The molecule has 0 saturated carbocycles. The second-order valence-corrected chi connectivity index (χ2v) is 7.87. The topological polar surface area (TPSA) is 51.0 Å². The van der Waals surface area contributed by atoms with Crippen LogP contribution in [0.1, 0.15) is 30.5 Å². The van der Waals surface area contributed by atoms with Crippen molar-refractivity contribution in [3.63, 3.8) is 0 Å². The third-order valence-electron chi connectivity index (χ3n) is 5.63. The summed E-state index contributed by atoms with van der Waals surface area (Å²) in [5.41, 5.74) is 1.79. The number of likely N-dealkylation sites (tertiary alicyclic amines) is 1. The number of benzene rings is 1. The Kier molecular flexibility index (Phi) is 5.67. The maximum absolute atomic E-state index is 13.9. The number of aromatic nitrogens is 3. The van der Waals surface area contributed by atoms with Gasteiger partial charge in [0.1, 0.15) is 17.4 Å². The number of carbonyl (C=O) groups excluding carboxylic acids is 1. The van der Waals surface area contributed by atoms with E-state index in [1.54, 1.807) is 17.1 Å². The lowest BCUT2D eigenvalue weighted by Crippen LogP contribution is -2.36. The normalized spacial score (nSPS) is 17.7. The summed E-state index contributed by atoms with van der Waals surface area (Å²) in [5, 5.41) is 5.17. The Hall–Kier alpha value is -2.67. The number of hydrogen-bond donors (Lipinski definition) is 0. The average Bonchev–Trinajstić information content (AvgIpc) is 3.05. The molecule has 4 rings (SSSR count). The largest absolute Gasteiger partial charge is 0.299 e. The van der Waals surface area contributed by atoms with E-state index >= 15 is 0 Å². The molecule has 0 N–H and O–H groups in total. The Balaban J connectivity index is 1.35. The number of halogens is 2. The van der Waals surface area contributed by atoms with Crippen molar-refractivity contribution < 1.29 is 13.6 Å². The van der Waals surface area contributed by atoms with Crippen LogP contribution in [-0.4, -0.2) is 38.5 Å². The minimum Gasteiger partial charge on any atom is -0.299 e. The quantitative estimate of drug-likeness (QED) is 0.636. The summed E-state index contributed by atoms with van der Waals surface area (Å²) in [4.78, 5) is 19.0. The van der Waals surface area contributed by atoms with E-state index in [1.165, 1.54) is 18.2 Å². The minimum atomic E-state index is -0.514. The first-order valence-corrected chi connectivity index (χ1v) is 9.93. The number of Topliss-reactive ketones (excluding diaryl/α,β-unsaturated/α-hetero) is 1. The molecule has 3 aromatic rings. The highest BCUT2D eigenvalue weighted by Gasteiger charge is 2.24. The van der Waals surface area contributed by atoms with Crippen LogP contribution in [0.3, 0.4) is 0 Å². The zero-order valence-corrected chi connectivity index (χ0v) is 16.4. The lowest BCUT2D eigenvalue weighted by Gasteiger charge is -2.32. The fourth-order valence-corrected chi connectivity index (χ4v) is 4.16. The van der Waals surface area contributed by atoms with Crippen LogP contribution in [0.15, 0.2) is 36.7 Å². The summed E-state index contributed by atoms with van der Waals surface area (Å²) in [7, 11) is 1.86. The lowest BCUT2D eigenvalue weighted by atomic mass is 9.91. The van der Waals surface area contributed by atoms with Gasteiger partial charge in [0, 0.05) is 49.6 Å². The molecule has 0 spiro atoms. The van der Waals surface area contributed by atoms with Gasteiger partial charge in [-0.2, -0.15) is 5.10 Å². The fourth-order valence-electron chi connectivity index (χ4n) is 4.16. The maximum Gasteiger partial charge on any atom is 0.139 e. The molecular formula is C22H24F2N4O. The molecule has 1 fully saturated rings. The van der Waals surface area contributed by atoms with E-state index < -0.39 is 11.6 Å². The molecule has 0 aliphatic carbocycles. The molecule has 1 aliphatic heterocycles. The first kappa shape index (κ1) is 19.6. The number of aryl methyl sites for hydroxylation is 1. The van der Waals surface area contributed by atoms with Gasteiger partial charge in [0.05, 0.1) is 17.9 Å².